The van der Waals surface area contributed by atoms with Gasteiger partial charge >= 0.3 is 0 Å². The Morgan fingerprint density at radius 3 is 2.59 bits per heavy atom. The first-order valence-electron chi connectivity index (χ1n) is 7.25. The lowest BCUT2D eigenvalue weighted by atomic mass is 10.1. The Balaban J connectivity index is 2.03. The molecule has 22 heavy (non-hydrogen) atoms. The van der Waals surface area contributed by atoms with E-state index in [-0.39, 0.29) is 17.7 Å². The molecule has 116 valence electrons. The minimum atomic E-state index is -0.253. The van der Waals surface area contributed by atoms with Gasteiger partial charge in [-0.3, -0.25) is 9.59 Å². The van der Waals surface area contributed by atoms with Gasteiger partial charge in [0.15, 0.2) is 0 Å². The molecule has 0 radical (unpaired) electrons. The lowest BCUT2D eigenvalue weighted by Gasteiger charge is -2.12. The molecule has 0 spiro atoms. The van der Waals surface area contributed by atoms with Gasteiger partial charge in [0.1, 0.15) is 5.76 Å². The zero-order chi connectivity index (χ0) is 15.9. The highest BCUT2D eigenvalue weighted by Gasteiger charge is 2.13. The number of amides is 2. The first kappa shape index (κ1) is 15.8. The summed E-state index contributed by atoms with van der Waals surface area (Å²) in [7, 11) is 0. The molecule has 0 aliphatic carbocycles. The van der Waals surface area contributed by atoms with E-state index in [0.29, 0.717) is 30.0 Å². The third kappa shape index (κ3) is 4.48. The van der Waals surface area contributed by atoms with Crippen LogP contribution >= 0.6 is 0 Å². The monoisotopic (exact) mass is 300 g/mol. The van der Waals surface area contributed by atoms with Crippen LogP contribution in [0.15, 0.2) is 47.1 Å². The smallest absolute Gasteiger partial charge is 0.253 e. The largest absolute Gasteiger partial charge is 0.467 e. The van der Waals surface area contributed by atoms with Crippen molar-refractivity contribution in [2.45, 2.75) is 26.8 Å². The average molecular weight is 300 g/mol. The molecule has 2 amide bonds. The lowest BCUT2D eigenvalue weighted by Crippen LogP contribution is -2.24. The van der Waals surface area contributed by atoms with E-state index >= 15 is 0 Å². The van der Waals surface area contributed by atoms with Crippen LogP contribution in [0.4, 0.5) is 5.69 Å². The van der Waals surface area contributed by atoms with E-state index in [4.69, 9.17) is 4.42 Å². The summed E-state index contributed by atoms with van der Waals surface area (Å²) in [6.45, 7) is 4.25. The number of anilines is 1. The topological polar surface area (TPSA) is 71.3 Å². The predicted octanol–water partition coefficient (Wildman–Crippen LogP) is 3.19. The highest BCUT2D eigenvalue weighted by Crippen LogP contribution is 2.16. The van der Waals surface area contributed by atoms with Gasteiger partial charge < -0.3 is 15.1 Å². The second-order valence-electron chi connectivity index (χ2n) is 5.45. The van der Waals surface area contributed by atoms with Crippen LogP contribution in [0.2, 0.25) is 0 Å². The van der Waals surface area contributed by atoms with E-state index in [1.807, 2.05) is 13.8 Å². The van der Waals surface area contributed by atoms with Crippen molar-refractivity contribution in [1.29, 1.82) is 0 Å². The molecule has 2 rings (SSSR count). The van der Waals surface area contributed by atoms with Crippen molar-refractivity contribution in [1.82, 2.24) is 5.32 Å². The summed E-state index contributed by atoms with van der Waals surface area (Å²) in [5, 5.41) is 5.56. The number of benzene rings is 1. The fourth-order valence-corrected chi connectivity index (χ4v) is 2.04. The summed E-state index contributed by atoms with van der Waals surface area (Å²) < 4.78 is 5.17. The molecule has 0 unspecified atom stereocenters. The second kappa shape index (κ2) is 7.45. The molecule has 1 aromatic carbocycles. The van der Waals surface area contributed by atoms with Crippen molar-refractivity contribution < 1.29 is 14.0 Å². The zero-order valence-electron chi connectivity index (χ0n) is 12.8. The molecule has 0 saturated carbocycles. The van der Waals surface area contributed by atoms with Crippen LogP contribution in [0, 0.1) is 5.92 Å². The Morgan fingerprint density at radius 1 is 1.14 bits per heavy atom. The average Bonchev–Trinajstić information content (AvgIpc) is 2.97. The number of carbonyl (C=O) groups is 2. The van der Waals surface area contributed by atoms with E-state index in [0.717, 1.165) is 0 Å². The van der Waals surface area contributed by atoms with Crippen molar-refractivity contribution in [3.63, 3.8) is 0 Å². The Labute approximate surface area is 129 Å². The van der Waals surface area contributed by atoms with Crippen LogP contribution in [-0.4, -0.2) is 11.8 Å². The molecule has 0 aliphatic heterocycles. The molecule has 5 heteroatoms. The fourth-order valence-electron chi connectivity index (χ4n) is 2.04. The minimum Gasteiger partial charge on any atom is -0.467 e. The Morgan fingerprint density at radius 2 is 1.91 bits per heavy atom. The summed E-state index contributed by atoms with van der Waals surface area (Å²) in [6.07, 6.45) is 1.98. The maximum Gasteiger partial charge on any atom is 0.253 e. The van der Waals surface area contributed by atoms with Crippen molar-refractivity contribution >= 4 is 17.5 Å². The number of carbonyl (C=O) groups excluding carboxylic acids is 2. The molecule has 5 nitrogen and oxygen atoms in total. The van der Waals surface area contributed by atoms with Crippen LogP contribution in [0.25, 0.3) is 0 Å². The van der Waals surface area contributed by atoms with Crippen molar-refractivity contribution in [3.8, 4) is 0 Å². The predicted molar refractivity (Wildman–Crippen MR) is 84.4 cm³/mol. The molecular weight excluding hydrogens is 280 g/mol. The first-order chi connectivity index (χ1) is 10.6. The van der Waals surface area contributed by atoms with Gasteiger partial charge in [-0.25, -0.2) is 0 Å². The fraction of sp³-hybridized carbons (Fsp3) is 0.294. The minimum absolute atomic E-state index is 0.0960. The van der Waals surface area contributed by atoms with Crippen molar-refractivity contribution in [2.75, 3.05) is 5.32 Å². The Bertz CT molecular complexity index is 633. The van der Waals surface area contributed by atoms with Gasteiger partial charge in [0.2, 0.25) is 5.91 Å². The Hall–Kier alpha value is -2.56. The highest BCUT2D eigenvalue weighted by molar-refractivity contribution is 6.03. The molecule has 0 bridgehead atoms. The van der Waals surface area contributed by atoms with Gasteiger partial charge in [-0.05, 0) is 30.2 Å². The third-order valence-corrected chi connectivity index (χ3v) is 3.04. The molecule has 0 saturated heterocycles. The molecule has 2 N–H and O–H groups in total. The van der Waals surface area contributed by atoms with Crippen molar-refractivity contribution in [2.24, 2.45) is 5.92 Å². The molecule has 1 heterocycles. The van der Waals surface area contributed by atoms with E-state index in [9.17, 15) is 9.59 Å². The molecule has 0 aliphatic rings. The normalized spacial score (nSPS) is 10.5. The number of furan rings is 1. The molecule has 1 aromatic heterocycles. The number of para-hydroxylation sites is 1. The molecular formula is C17H20N2O3. The zero-order valence-corrected chi connectivity index (χ0v) is 12.8. The van der Waals surface area contributed by atoms with E-state index in [1.54, 1.807) is 42.7 Å². The maximum absolute atomic E-state index is 12.3. The van der Waals surface area contributed by atoms with Gasteiger partial charge in [-0.1, -0.05) is 26.0 Å². The maximum atomic E-state index is 12.3. The van der Waals surface area contributed by atoms with Gasteiger partial charge in [-0.15, -0.1) is 0 Å². The van der Waals surface area contributed by atoms with Gasteiger partial charge in [0, 0.05) is 6.42 Å². The van der Waals surface area contributed by atoms with Gasteiger partial charge in [-0.2, -0.15) is 0 Å². The molecule has 0 fully saturated rings. The van der Waals surface area contributed by atoms with Gasteiger partial charge in [0.05, 0.1) is 24.1 Å². The summed E-state index contributed by atoms with van der Waals surface area (Å²) in [4.78, 5) is 24.1. The lowest BCUT2D eigenvalue weighted by molar-refractivity contribution is -0.116. The quantitative estimate of drug-likeness (QED) is 0.860. The third-order valence-electron chi connectivity index (χ3n) is 3.04. The number of hydrogen-bond acceptors (Lipinski definition) is 3. The van der Waals surface area contributed by atoms with Crippen molar-refractivity contribution in [3.05, 3.63) is 54.0 Å². The van der Waals surface area contributed by atoms with Crippen LogP contribution in [0.1, 0.15) is 36.4 Å². The van der Waals surface area contributed by atoms with Crippen LogP contribution < -0.4 is 10.6 Å². The van der Waals surface area contributed by atoms with Crippen LogP contribution in [0.3, 0.4) is 0 Å². The standard InChI is InChI=1S/C17H20N2O3/c1-12(2)10-16(20)19-15-8-4-3-7-14(15)17(21)18-11-13-6-5-9-22-13/h3-9,12H,10-11H2,1-2H3,(H,18,21)(H,19,20). The molecule has 0 atom stereocenters. The van der Waals surface area contributed by atoms with E-state index < -0.39 is 0 Å². The summed E-state index contributed by atoms with van der Waals surface area (Å²) in [5.41, 5.74) is 0.955. The first-order valence-corrected chi connectivity index (χ1v) is 7.25. The Kier molecular flexibility index (Phi) is 5.36. The number of hydrogen-bond donors (Lipinski definition) is 2. The summed E-state index contributed by atoms with van der Waals surface area (Å²) in [5.74, 6) is 0.591. The van der Waals surface area contributed by atoms with E-state index in [1.165, 1.54) is 0 Å². The van der Waals surface area contributed by atoms with Crippen LogP contribution in [0.5, 0.6) is 0 Å². The second-order valence-corrected chi connectivity index (χ2v) is 5.45. The highest BCUT2D eigenvalue weighted by atomic mass is 16.3. The molecule has 2 aromatic rings. The van der Waals surface area contributed by atoms with E-state index in [2.05, 4.69) is 10.6 Å². The van der Waals surface area contributed by atoms with Crippen LogP contribution in [-0.2, 0) is 11.3 Å². The number of nitrogens with one attached hydrogen (secondary N) is 2. The SMILES string of the molecule is CC(C)CC(=O)Nc1ccccc1C(=O)NCc1ccco1. The summed E-state index contributed by atoms with van der Waals surface area (Å²) >= 11 is 0. The number of rotatable bonds is 6. The summed E-state index contributed by atoms with van der Waals surface area (Å²) in [6, 6.07) is 10.5. The van der Waals surface area contributed by atoms with Gasteiger partial charge in [0.25, 0.3) is 5.91 Å².